The highest BCUT2D eigenvalue weighted by atomic mass is 19.1. The Kier molecular flexibility index (Phi) is 4.24. The van der Waals surface area contributed by atoms with Gasteiger partial charge in [-0.3, -0.25) is 4.79 Å². The first kappa shape index (κ1) is 11.7. The second-order valence-corrected chi connectivity index (χ2v) is 3.50. The molecule has 0 aliphatic rings. The molecule has 1 aromatic rings. The fourth-order valence-electron chi connectivity index (χ4n) is 1.12. The number of hydrogen-bond acceptors (Lipinski definition) is 2. The molecule has 2 N–H and O–H groups in total. The second kappa shape index (κ2) is 5.46. The number of nitrogens with one attached hydrogen (secondary N) is 1. The van der Waals surface area contributed by atoms with E-state index in [-0.39, 0.29) is 5.82 Å². The monoisotopic (exact) mass is 211 g/mol. The zero-order chi connectivity index (χ0) is 11.3. The molecule has 82 valence electrons. The van der Waals surface area contributed by atoms with E-state index in [1.54, 1.807) is 19.1 Å². The molecule has 0 amide bonds. The van der Waals surface area contributed by atoms with E-state index < -0.39 is 11.9 Å². The van der Waals surface area contributed by atoms with Crippen LogP contribution >= 0.6 is 0 Å². The molecule has 0 bridgehead atoms. The van der Waals surface area contributed by atoms with E-state index in [4.69, 9.17) is 5.11 Å². The van der Waals surface area contributed by atoms with E-state index in [1.165, 1.54) is 12.1 Å². The van der Waals surface area contributed by atoms with E-state index in [0.717, 1.165) is 5.56 Å². The van der Waals surface area contributed by atoms with Gasteiger partial charge in [-0.1, -0.05) is 19.1 Å². The van der Waals surface area contributed by atoms with Gasteiger partial charge in [-0.15, -0.1) is 0 Å². The highest BCUT2D eigenvalue weighted by Crippen LogP contribution is 2.02. The zero-order valence-corrected chi connectivity index (χ0v) is 8.53. The summed E-state index contributed by atoms with van der Waals surface area (Å²) in [6.45, 7) is 2.60. The second-order valence-electron chi connectivity index (χ2n) is 3.50. The van der Waals surface area contributed by atoms with Crippen LogP contribution in [0.3, 0.4) is 0 Å². The number of carboxylic acid groups (broad SMARTS) is 1. The lowest BCUT2D eigenvalue weighted by Crippen LogP contribution is -2.25. The predicted octanol–water partition coefficient (Wildman–Crippen LogP) is 1.64. The molecule has 1 atom stereocenters. The zero-order valence-electron chi connectivity index (χ0n) is 8.53. The van der Waals surface area contributed by atoms with Crippen LogP contribution in [0.5, 0.6) is 0 Å². The Bertz CT molecular complexity index is 324. The molecule has 15 heavy (non-hydrogen) atoms. The van der Waals surface area contributed by atoms with Crippen LogP contribution < -0.4 is 5.32 Å². The lowest BCUT2D eigenvalue weighted by molar-refractivity contribution is -0.140. The topological polar surface area (TPSA) is 49.3 Å². The van der Waals surface area contributed by atoms with Gasteiger partial charge in [0.2, 0.25) is 0 Å². The SMILES string of the molecule is C[C@H](CNCc1ccc(F)cc1)C(=O)O. The Morgan fingerprint density at radius 1 is 1.47 bits per heavy atom. The van der Waals surface area contributed by atoms with E-state index in [2.05, 4.69) is 5.32 Å². The first-order valence-corrected chi connectivity index (χ1v) is 4.77. The molecule has 0 saturated heterocycles. The van der Waals surface area contributed by atoms with Gasteiger partial charge in [-0.2, -0.15) is 0 Å². The van der Waals surface area contributed by atoms with E-state index in [9.17, 15) is 9.18 Å². The average molecular weight is 211 g/mol. The molecule has 0 spiro atoms. The summed E-state index contributed by atoms with van der Waals surface area (Å²) in [5.41, 5.74) is 0.939. The molecule has 0 heterocycles. The number of benzene rings is 1. The van der Waals surface area contributed by atoms with Gasteiger partial charge in [0.15, 0.2) is 0 Å². The standard InChI is InChI=1S/C11H14FNO2/c1-8(11(14)15)6-13-7-9-2-4-10(12)5-3-9/h2-5,8,13H,6-7H2,1H3,(H,14,15)/t8-/m1/s1. The maximum atomic E-state index is 12.5. The molecular weight excluding hydrogens is 197 g/mol. The van der Waals surface area contributed by atoms with Gasteiger partial charge < -0.3 is 10.4 Å². The summed E-state index contributed by atoms with van der Waals surface area (Å²) in [7, 11) is 0. The molecule has 0 saturated carbocycles. The van der Waals surface area contributed by atoms with Crippen LogP contribution in [0.4, 0.5) is 4.39 Å². The third-order valence-electron chi connectivity index (χ3n) is 2.11. The molecule has 0 aliphatic carbocycles. The number of carboxylic acids is 1. The van der Waals surface area contributed by atoms with Gasteiger partial charge in [-0.05, 0) is 17.7 Å². The van der Waals surface area contributed by atoms with E-state index in [1.807, 2.05) is 0 Å². The predicted molar refractivity (Wildman–Crippen MR) is 54.9 cm³/mol. The highest BCUT2D eigenvalue weighted by Gasteiger charge is 2.09. The van der Waals surface area contributed by atoms with Crippen molar-refractivity contribution >= 4 is 5.97 Å². The molecule has 0 radical (unpaired) electrons. The summed E-state index contributed by atoms with van der Waals surface area (Å²) in [5.74, 6) is -1.50. The van der Waals surface area contributed by atoms with Gasteiger partial charge >= 0.3 is 5.97 Å². The van der Waals surface area contributed by atoms with Crippen molar-refractivity contribution in [3.05, 3.63) is 35.6 Å². The van der Waals surface area contributed by atoms with E-state index >= 15 is 0 Å². The van der Waals surface area contributed by atoms with Crippen molar-refractivity contribution in [2.75, 3.05) is 6.54 Å². The molecule has 4 heteroatoms. The Balaban J connectivity index is 2.32. The van der Waals surface area contributed by atoms with Crippen molar-refractivity contribution in [2.45, 2.75) is 13.5 Å². The van der Waals surface area contributed by atoms with Crippen molar-refractivity contribution < 1.29 is 14.3 Å². The van der Waals surface area contributed by atoms with Crippen molar-refractivity contribution in [3.8, 4) is 0 Å². The molecule has 1 rings (SSSR count). The summed E-state index contributed by atoms with van der Waals surface area (Å²) in [5, 5.41) is 11.6. The molecular formula is C11H14FNO2. The fraction of sp³-hybridized carbons (Fsp3) is 0.364. The van der Waals surface area contributed by atoms with Crippen LogP contribution in [-0.4, -0.2) is 17.6 Å². The normalized spacial score (nSPS) is 12.4. The molecule has 1 aromatic carbocycles. The highest BCUT2D eigenvalue weighted by molar-refractivity contribution is 5.69. The first-order chi connectivity index (χ1) is 7.09. The third-order valence-corrected chi connectivity index (χ3v) is 2.11. The number of halogens is 1. The number of hydrogen-bond donors (Lipinski definition) is 2. The van der Waals surface area contributed by atoms with Gasteiger partial charge in [0.25, 0.3) is 0 Å². The van der Waals surface area contributed by atoms with Crippen LogP contribution in [-0.2, 0) is 11.3 Å². The maximum absolute atomic E-state index is 12.5. The van der Waals surface area contributed by atoms with Gasteiger partial charge in [0.1, 0.15) is 5.82 Å². The van der Waals surface area contributed by atoms with Crippen molar-refractivity contribution in [1.82, 2.24) is 5.32 Å². The fourth-order valence-corrected chi connectivity index (χ4v) is 1.12. The maximum Gasteiger partial charge on any atom is 0.307 e. The Morgan fingerprint density at radius 3 is 2.60 bits per heavy atom. The summed E-state index contributed by atoms with van der Waals surface area (Å²) in [4.78, 5) is 10.5. The average Bonchev–Trinajstić information content (AvgIpc) is 2.20. The molecule has 0 unspecified atom stereocenters. The molecule has 0 fully saturated rings. The largest absolute Gasteiger partial charge is 0.481 e. The van der Waals surface area contributed by atoms with Crippen LogP contribution in [0.2, 0.25) is 0 Å². The number of rotatable bonds is 5. The van der Waals surface area contributed by atoms with Crippen molar-refractivity contribution in [3.63, 3.8) is 0 Å². The number of aliphatic carboxylic acids is 1. The lowest BCUT2D eigenvalue weighted by Gasteiger charge is -2.07. The van der Waals surface area contributed by atoms with Crippen LogP contribution in [0.1, 0.15) is 12.5 Å². The number of carbonyl (C=O) groups is 1. The Morgan fingerprint density at radius 2 is 2.07 bits per heavy atom. The molecule has 0 aliphatic heterocycles. The minimum atomic E-state index is -0.818. The van der Waals surface area contributed by atoms with Gasteiger partial charge in [-0.25, -0.2) is 4.39 Å². The van der Waals surface area contributed by atoms with Crippen LogP contribution in [0.15, 0.2) is 24.3 Å². The Labute approximate surface area is 87.9 Å². The minimum Gasteiger partial charge on any atom is -0.481 e. The molecule has 0 aromatic heterocycles. The summed E-state index contributed by atoms with van der Waals surface area (Å²) >= 11 is 0. The van der Waals surface area contributed by atoms with Gasteiger partial charge in [0.05, 0.1) is 5.92 Å². The lowest BCUT2D eigenvalue weighted by atomic mass is 10.1. The summed E-state index contributed by atoms with van der Waals surface area (Å²) in [6.07, 6.45) is 0. The summed E-state index contributed by atoms with van der Waals surface area (Å²) < 4.78 is 12.5. The van der Waals surface area contributed by atoms with Gasteiger partial charge in [0, 0.05) is 13.1 Å². The van der Waals surface area contributed by atoms with Crippen molar-refractivity contribution in [1.29, 1.82) is 0 Å². The first-order valence-electron chi connectivity index (χ1n) is 4.77. The van der Waals surface area contributed by atoms with Crippen LogP contribution in [0.25, 0.3) is 0 Å². The summed E-state index contributed by atoms with van der Waals surface area (Å²) in [6, 6.07) is 6.12. The van der Waals surface area contributed by atoms with Crippen molar-refractivity contribution in [2.24, 2.45) is 5.92 Å². The Hall–Kier alpha value is -1.42. The molecule has 3 nitrogen and oxygen atoms in total. The third kappa shape index (κ3) is 4.08. The van der Waals surface area contributed by atoms with Crippen LogP contribution in [0, 0.1) is 11.7 Å². The quantitative estimate of drug-likeness (QED) is 0.778. The van der Waals surface area contributed by atoms with E-state index in [0.29, 0.717) is 13.1 Å². The minimum absolute atomic E-state index is 0.266. The smallest absolute Gasteiger partial charge is 0.307 e.